The van der Waals surface area contributed by atoms with Gasteiger partial charge in [-0.3, -0.25) is 0 Å². The van der Waals surface area contributed by atoms with Crippen molar-refractivity contribution in [2.45, 2.75) is 44.6 Å². The molecule has 1 fully saturated rings. The minimum atomic E-state index is -0.445. The molecule has 2 aliphatic rings. The molecule has 0 aliphatic carbocycles. The smallest absolute Gasteiger partial charge is 0.140 e. The van der Waals surface area contributed by atoms with Crippen molar-refractivity contribution >= 4 is 11.6 Å². The average molecular weight is 343 g/mol. The SMILES string of the molecule is C[C@@H]1[C@H](c2ccccc2)O[C@@]2(C)C[C@@H](C/C=C\CCl)C=C(C#N)N12. The third-order valence-electron chi connectivity index (χ3n) is 4.97. The Morgan fingerprint density at radius 2 is 2.12 bits per heavy atom. The summed E-state index contributed by atoms with van der Waals surface area (Å²) in [6.45, 7) is 4.25. The normalized spacial score (nSPS) is 32.5. The monoisotopic (exact) mass is 342 g/mol. The van der Waals surface area contributed by atoms with Gasteiger partial charge in [0.2, 0.25) is 0 Å². The molecule has 0 amide bonds. The van der Waals surface area contributed by atoms with Gasteiger partial charge in [-0.1, -0.05) is 42.5 Å². The van der Waals surface area contributed by atoms with Crippen LogP contribution < -0.4 is 0 Å². The molecule has 0 spiro atoms. The van der Waals surface area contributed by atoms with Gasteiger partial charge in [-0.15, -0.1) is 11.6 Å². The van der Waals surface area contributed by atoms with Crippen molar-refractivity contribution in [2.24, 2.45) is 5.92 Å². The lowest BCUT2D eigenvalue weighted by Crippen LogP contribution is -2.48. The minimum absolute atomic E-state index is 0.0231. The van der Waals surface area contributed by atoms with E-state index in [-0.39, 0.29) is 12.1 Å². The Balaban J connectivity index is 1.88. The lowest BCUT2D eigenvalue weighted by molar-refractivity contribution is -0.0965. The molecule has 0 radical (unpaired) electrons. The van der Waals surface area contributed by atoms with Crippen LogP contribution >= 0.6 is 11.6 Å². The van der Waals surface area contributed by atoms with E-state index < -0.39 is 5.72 Å². The zero-order valence-corrected chi connectivity index (χ0v) is 14.9. The first-order chi connectivity index (χ1) is 11.6. The predicted octanol–water partition coefficient (Wildman–Crippen LogP) is 4.78. The number of allylic oxidation sites excluding steroid dienone is 4. The molecule has 4 atom stereocenters. The maximum Gasteiger partial charge on any atom is 0.140 e. The van der Waals surface area contributed by atoms with Crippen LogP contribution in [0.1, 0.15) is 38.4 Å². The zero-order chi connectivity index (χ0) is 17.2. The predicted molar refractivity (Wildman–Crippen MR) is 96.3 cm³/mol. The molecule has 1 aromatic carbocycles. The second-order valence-corrected chi connectivity index (χ2v) is 7.03. The van der Waals surface area contributed by atoms with Crippen molar-refractivity contribution in [3.63, 3.8) is 0 Å². The fourth-order valence-corrected chi connectivity index (χ4v) is 4.16. The third-order valence-corrected chi connectivity index (χ3v) is 5.15. The lowest BCUT2D eigenvalue weighted by atomic mass is 9.88. The molecule has 1 saturated heterocycles. The molecule has 3 nitrogen and oxygen atoms in total. The Kier molecular flexibility index (Phi) is 4.99. The Hall–Kier alpha value is -1.76. The van der Waals surface area contributed by atoms with E-state index in [1.807, 2.05) is 24.3 Å². The first kappa shape index (κ1) is 17.1. The highest BCUT2D eigenvalue weighted by atomic mass is 35.5. The average Bonchev–Trinajstić information content (AvgIpc) is 2.86. The Morgan fingerprint density at radius 3 is 2.79 bits per heavy atom. The molecule has 24 heavy (non-hydrogen) atoms. The first-order valence-electron chi connectivity index (χ1n) is 8.44. The van der Waals surface area contributed by atoms with Crippen LogP contribution in [0, 0.1) is 17.2 Å². The third kappa shape index (κ3) is 3.09. The Bertz CT molecular complexity index is 679. The van der Waals surface area contributed by atoms with Gasteiger partial charge in [-0.2, -0.15) is 5.26 Å². The van der Waals surface area contributed by atoms with Gasteiger partial charge in [0.05, 0.1) is 6.04 Å². The highest BCUT2D eigenvalue weighted by Crippen LogP contribution is 2.49. The van der Waals surface area contributed by atoms with E-state index in [9.17, 15) is 5.26 Å². The van der Waals surface area contributed by atoms with Crippen LogP contribution in [0.15, 0.2) is 54.3 Å². The summed E-state index contributed by atoms with van der Waals surface area (Å²) in [5.74, 6) is 0.816. The van der Waals surface area contributed by atoms with E-state index in [0.29, 0.717) is 11.8 Å². The largest absolute Gasteiger partial charge is 0.346 e. The summed E-state index contributed by atoms with van der Waals surface area (Å²) in [5.41, 5.74) is 1.44. The zero-order valence-electron chi connectivity index (χ0n) is 14.2. The van der Waals surface area contributed by atoms with Crippen molar-refractivity contribution < 1.29 is 4.74 Å². The highest BCUT2D eigenvalue weighted by molar-refractivity contribution is 6.18. The number of benzene rings is 1. The number of halogens is 1. The highest BCUT2D eigenvalue weighted by Gasteiger charge is 2.52. The summed E-state index contributed by atoms with van der Waals surface area (Å²) < 4.78 is 6.50. The van der Waals surface area contributed by atoms with Gasteiger partial charge < -0.3 is 9.64 Å². The van der Waals surface area contributed by atoms with Gasteiger partial charge in [0.15, 0.2) is 0 Å². The molecule has 0 saturated carbocycles. The maximum absolute atomic E-state index is 9.66. The van der Waals surface area contributed by atoms with Gasteiger partial charge in [0.25, 0.3) is 0 Å². The number of nitriles is 1. The molecule has 1 aromatic rings. The number of alkyl halides is 1. The first-order valence-corrected chi connectivity index (χ1v) is 8.97. The van der Waals surface area contributed by atoms with E-state index in [0.717, 1.165) is 24.1 Å². The molecule has 0 unspecified atom stereocenters. The quantitative estimate of drug-likeness (QED) is 0.583. The molecular formula is C20H23ClN2O. The van der Waals surface area contributed by atoms with Gasteiger partial charge in [-0.25, -0.2) is 0 Å². The molecule has 4 heteroatoms. The van der Waals surface area contributed by atoms with Crippen molar-refractivity contribution in [2.75, 3.05) is 5.88 Å². The molecule has 126 valence electrons. The van der Waals surface area contributed by atoms with Gasteiger partial charge in [-0.05, 0) is 37.8 Å². The minimum Gasteiger partial charge on any atom is -0.346 e. The van der Waals surface area contributed by atoms with Crippen LogP contribution in [0.25, 0.3) is 0 Å². The Labute approximate surface area is 149 Å². The molecule has 0 aromatic heterocycles. The van der Waals surface area contributed by atoms with Crippen LogP contribution in [0.3, 0.4) is 0 Å². The summed E-state index contributed by atoms with van der Waals surface area (Å²) >= 11 is 5.71. The fourth-order valence-electron chi connectivity index (χ4n) is 4.03. The van der Waals surface area contributed by atoms with Crippen LogP contribution in [0.2, 0.25) is 0 Å². The number of fused-ring (bicyclic) bond motifs is 1. The van der Waals surface area contributed by atoms with Gasteiger partial charge >= 0.3 is 0 Å². The van der Waals surface area contributed by atoms with E-state index in [4.69, 9.17) is 16.3 Å². The van der Waals surface area contributed by atoms with Crippen molar-refractivity contribution in [1.29, 1.82) is 5.26 Å². The number of hydrogen-bond acceptors (Lipinski definition) is 3. The Morgan fingerprint density at radius 1 is 1.38 bits per heavy atom. The summed E-state index contributed by atoms with van der Waals surface area (Å²) in [4.78, 5) is 2.16. The molecule has 0 bridgehead atoms. The van der Waals surface area contributed by atoms with Gasteiger partial charge in [0, 0.05) is 12.3 Å². The van der Waals surface area contributed by atoms with Crippen LogP contribution in [0.5, 0.6) is 0 Å². The van der Waals surface area contributed by atoms with Crippen LogP contribution in [0.4, 0.5) is 0 Å². The van der Waals surface area contributed by atoms with Crippen molar-refractivity contribution in [3.8, 4) is 6.07 Å². The van der Waals surface area contributed by atoms with Crippen LogP contribution in [-0.4, -0.2) is 22.5 Å². The summed E-state index contributed by atoms with van der Waals surface area (Å²) in [7, 11) is 0. The van der Waals surface area contributed by atoms with Crippen molar-refractivity contribution in [1.82, 2.24) is 4.90 Å². The maximum atomic E-state index is 9.66. The van der Waals surface area contributed by atoms with E-state index >= 15 is 0 Å². The number of rotatable bonds is 4. The second-order valence-electron chi connectivity index (χ2n) is 6.72. The number of ether oxygens (including phenoxy) is 1. The fraction of sp³-hybridized carbons (Fsp3) is 0.450. The summed E-state index contributed by atoms with van der Waals surface area (Å²) in [6.07, 6.45) is 7.88. The molecule has 2 heterocycles. The number of nitrogens with zero attached hydrogens (tertiary/aromatic N) is 2. The topological polar surface area (TPSA) is 36.3 Å². The summed E-state index contributed by atoms with van der Waals surface area (Å²) in [5, 5.41) is 9.66. The standard InChI is InChI=1S/C20H23ClN2O/c1-15-19(17-9-4-3-5-10-17)24-20(2)13-16(8-6-7-11-21)12-18(14-22)23(15)20/h3-7,9-10,12,15-16,19H,8,11,13H2,1-2H3/b7-6-/t15-,16+,19-,20+/m1/s1. The van der Waals surface area contributed by atoms with E-state index in [2.05, 4.69) is 49.1 Å². The number of hydrogen-bond donors (Lipinski definition) is 0. The molecule has 0 N–H and O–H groups in total. The van der Waals surface area contributed by atoms with E-state index in [1.165, 1.54) is 0 Å². The molecule has 3 rings (SSSR count). The van der Waals surface area contributed by atoms with E-state index in [1.54, 1.807) is 0 Å². The second kappa shape index (κ2) is 7.01. The van der Waals surface area contributed by atoms with Crippen LogP contribution in [-0.2, 0) is 4.74 Å². The lowest BCUT2D eigenvalue weighted by Gasteiger charge is -2.42. The molecular weight excluding hydrogens is 320 g/mol. The molecule has 2 aliphatic heterocycles. The van der Waals surface area contributed by atoms with Gasteiger partial charge in [0.1, 0.15) is 23.6 Å². The van der Waals surface area contributed by atoms with Crippen molar-refractivity contribution in [3.05, 3.63) is 59.8 Å². The summed E-state index contributed by atoms with van der Waals surface area (Å²) in [6, 6.07) is 12.8.